The smallest absolute Gasteiger partial charge is 0.313 e. The molecule has 1 aromatic carbocycles. The number of likely N-dealkylation sites (tertiary alicyclic amines) is 1. The average molecular weight is 624 g/mol. The minimum atomic E-state index is -1.19. The number of rotatable bonds is 14. The summed E-state index contributed by atoms with van der Waals surface area (Å²) in [6.07, 6.45) is 4.03. The predicted molar refractivity (Wildman–Crippen MR) is 170 cm³/mol. The van der Waals surface area contributed by atoms with Gasteiger partial charge in [-0.3, -0.25) is 19.2 Å². The van der Waals surface area contributed by atoms with Crippen molar-refractivity contribution in [3.05, 3.63) is 61.2 Å². The summed E-state index contributed by atoms with van der Waals surface area (Å²) in [5.74, 6) is -3.09. The Bertz CT molecular complexity index is 1280. The van der Waals surface area contributed by atoms with E-state index in [2.05, 4.69) is 13.2 Å². The third kappa shape index (κ3) is 6.45. The molecule has 3 heterocycles. The number of ether oxygens (including phenoxy) is 2. The molecule has 10 nitrogen and oxygen atoms in total. The molecule has 3 aliphatic rings. The number of hydrogen-bond acceptors (Lipinski definition) is 7. The summed E-state index contributed by atoms with van der Waals surface area (Å²) in [6.45, 7) is 15.4. The van der Waals surface area contributed by atoms with Crippen molar-refractivity contribution < 1.29 is 33.8 Å². The number of aliphatic hydroxyl groups excluding tert-OH is 1. The predicted octanol–water partition coefficient (Wildman–Crippen LogP) is 3.65. The zero-order valence-electron chi connectivity index (χ0n) is 27.3. The van der Waals surface area contributed by atoms with Gasteiger partial charge in [0, 0.05) is 38.7 Å². The Morgan fingerprint density at radius 1 is 1.20 bits per heavy atom. The van der Waals surface area contributed by atoms with Crippen molar-refractivity contribution in [3.63, 3.8) is 0 Å². The number of amides is 3. The van der Waals surface area contributed by atoms with Crippen LogP contribution in [0.15, 0.2) is 55.6 Å². The number of carbonyl (C=O) groups is 4. The average Bonchev–Trinajstić information content (AvgIpc) is 3.66. The van der Waals surface area contributed by atoms with Crippen molar-refractivity contribution in [3.8, 4) is 0 Å². The molecule has 246 valence electrons. The van der Waals surface area contributed by atoms with Crippen molar-refractivity contribution in [1.82, 2.24) is 14.7 Å². The lowest BCUT2D eigenvalue weighted by Crippen LogP contribution is -2.60. The molecule has 4 rings (SSSR count). The van der Waals surface area contributed by atoms with Crippen molar-refractivity contribution in [2.45, 2.75) is 95.2 Å². The molecule has 3 amide bonds. The highest BCUT2D eigenvalue weighted by molar-refractivity contribution is 5.98. The molecular weight excluding hydrogens is 574 g/mol. The van der Waals surface area contributed by atoms with Crippen molar-refractivity contribution >= 4 is 23.7 Å². The van der Waals surface area contributed by atoms with Gasteiger partial charge in [-0.15, -0.1) is 13.2 Å². The summed E-state index contributed by atoms with van der Waals surface area (Å²) in [4.78, 5) is 60.5. The van der Waals surface area contributed by atoms with Gasteiger partial charge in [0.05, 0.1) is 24.0 Å². The van der Waals surface area contributed by atoms with Gasteiger partial charge in [0.1, 0.15) is 17.7 Å². The van der Waals surface area contributed by atoms with Gasteiger partial charge >= 0.3 is 5.97 Å². The summed E-state index contributed by atoms with van der Waals surface area (Å²) < 4.78 is 12.8. The molecule has 1 N–H and O–H groups in total. The van der Waals surface area contributed by atoms with E-state index < -0.39 is 53.2 Å². The van der Waals surface area contributed by atoms with Crippen LogP contribution in [0.1, 0.15) is 71.5 Å². The fraction of sp³-hybridized carbons (Fsp3) is 0.600. The molecule has 1 aromatic rings. The molecule has 0 radical (unpaired) electrons. The first-order valence-electron chi connectivity index (χ1n) is 16.0. The third-order valence-corrected chi connectivity index (χ3v) is 9.63. The van der Waals surface area contributed by atoms with Crippen LogP contribution in [-0.4, -0.2) is 99.6 Å². The lowest BCUT2D eigenvalue weighted by Gasteiger charge is -2.42. The van der Waals surface area contributed by atoms with Gasteiger partial charge in [-0.2, -0.15) is 0 Å². The van der Waals surface area contributed by atoms with Gasteiger partial charge in [0.25, 0.3) is 0 Å². The molecular formula is C35H49N3O7. The number of likely N-dealkylation sites (N-methyl/N-ethyl adjacent to an activating group) is 1. The van der Waals surface area contributed by atoms with Crippen LogP contribution in [0.3, 0.4) is 0 Å². The molecule has 1 spiro atoms. The van der Waals surface area contributed by atoms with Crippen LogP contribution in [0.2, 0.25) is 0 Å². The van der Waals surface area contributed by atoms with Gasteiger partial charge in [-0.05, 0) is 58.9 Å². The Morgan fingerprint density at radius 3 is 2.49 bits per heavy atom. The lowest BCUT2D eigenvalue weighted by atomic mass is 9.70. The standard InChI is InChI=1S/C35H49N3O7/c1-8-10-17-26(40)36(7)23(3)29(24-15-12-11-13-16-24)44-33(43)27-25-18-19-35(45-25)28(27)31(41)37(21-14-22-39)30(35)32(42)38(20-9-2)34(4,5)6/h8-9,11-13,15-16,23,25,27-30,39H,1-2,10,14,17-22H2,3-7H3/t23-,25-,27+,28+,29+,30-,35+/m1/s1. The van der Waals surface area contributed by atoms with Crippen LogP contribution >= 0.6 is 0 Å². The molecule has 0 saturated carbocycles. The Kier molecular flexibility index (Phi) is 10.6. The highest BCUT2D eigenvalue weighted by Gasteiger charge is 2.75. The van der Waals surface area contributed by atoms with Crippen molar-refractivity contribution in [2.75, 3.05) is 26.7 Å². The molecule has 0 aliphatic carbocycles. The van der Waals surface area contributed by atoms with Crippen molar-refractivity contribution in [1.29, 1.82) is 0 Å². The fourth-order valence-electron chi connectivity index (χ4n) is 7.28. The second-order valence-electron chi connectivity index (χ2n) is 13.4. The van der Waals surface area contributed by atoms with E-state index in [1.54, 1.807) is 29.0 Å². The van der Waals surface area contributed by atoms with E-state index in [9.17, 15) is 24.3 Å². The molecule has 45 heavy (non-hydrogen) atoms. The van der Waals surface area contributed by atoms with Gasteiger partial charge < -0.3 is 29.3 Å². The van der Waals surface area contributed by atoms with Gasteiger partial charge in [-0.1, -0.05) is 42.5 Å². The molecule has 0 unspecified atom stereocenters. The maximum absolute atomic E-state index is 14.4. The number of carbonyl (C=O) groups excluding carboxylic acids is 4. The highest BCUT2D eigenvalue weighted by Crippen LogP contribution is 2.59. The van der Waals surface area contributed by atoms with E-state index in [4.69, 9.17) is 9.47 Å². The summed E-state index contributed by atoms with van der Waals surface area (Å²) in [5, 5.41) is 9.64. The molecule has 3 aliphatic heterocycles. The van der Waals surface area contributed by atoms with E-state index >= 15 is 0 Å². The number of aliphatic hydroxyl groups is 1. The number of nitrogens with zero attached hydrogens (tertiary/aromatic N) is 3. The summed E-state index contributed by atoms with van der Waals surface area (Å²) in [5.41, 5.74) is -1.02. The van der Waals surface area contributed by atoms with E-state index in [1.807, 2.05) is 58.0 Å². The summed E-state index contributed by atoms with van der Waals surface area (Å²) >= 11 is 0. The van der Waals surface area contributed by atoms with Crippen LogP contribution in [0.5, 0.6) is 0 Å². The minimum absolute atomic E-state index is 0.101. The molecule has 10 heteroatoms. The minimum Gasteiger partial charge on any atom is -0.455 e. The monoisotopic (exact) mass is 623 g/mol. The summed E-state index contributed by atoms with van der Waals surface area (Å²) in [6, 6.07) is 7.80. The molecule has 3 saturated heterocycles. The normalized spacial score (nSPS) is 26.6. The van der Waals surface area contributed by atoms with Crippen molar-refractivity contribution in [2.24, 2.45) is 11.8 Å². The fourth-order valence-corrected chi connectivity index (χ4v) is 7.28. The number of fused-ring (bicyclic) bond motifs is 1. The number of allylic oxidation sites excluding steroid dienone is 1. The van der Waals surface area contributed by atoms with Crippen LogP contribution in [0, 0.1) is 11.8 Å². The zero-order valence-corrected chi connectivity index (χ0v) is 27.3. The van der Waals surface area contributed by atoms with E-state index in [0.717, 1.165) is 5.56 Å². The Hall–Kier alpha value is -3.50. The zero-order chi connectivity index (χ0) is 33.1. The Labute approximate surface area is 267 Å². The van der Waals surface area contributed by atoms with Crippen LogP contribution < -0.4 is 0 Å². The largest absolute Gasteiger partial charge is 0.455 e. The quantitative estimate of drug-likeness (QED) is 0.248. The molecule has 7 atom stereocenters. The highest BCUT2D eigenvalue weighted by atomic mass is 16.6. The van der Waals surface area contributed by atoms with E-state index in [0.29, 0.717) is 19.3 Å². The number of esters is 1. The second kappa shape index (κ2) is 13.9. The molecule has 0 aromatic heterocycles. The van der Waals surface area contributed by atoms with Gasteiger partial charge in [0.2, 0.25) is 17.7 Å². The Balaban J connectivity index is 1.68. The van der Waals surface area contributed by atoms with Gasteiger partial charge in [-0.25, -0.2) is 0 Å². The first-order valence-corrected chi connectivity index (χ1v) is 16.0. The van der Waals surface area contributed by atoms with Crippen LogP contribution in [-0.2, 0) is 28.7 Å². The second-order valence-corrected chi connectivity index (χ2v) is 13.4. The first-order chi connectivity index (χ1) is 21.3. The SMILES string of the molecule is C=CCCC(=O)N(C)[C@H](C)[C@H](OC(=O)[C@@H]1[C@H]2C(=O)N(CCCO)[C@H](C(=O)N(CC=C)C(C)(C)C)[C@]23CC[C@H]1O3)c1ccccc1. The molecule has 2 bridgehead atoms. The van der Waals surface area contributed by atoms with E-state index in [-0.39, 0.29) is 50.3 Å². The van der Waals surface area contributed by atoms with Crippen LogP contribution in [0.4, 0.5) is 0 Å². The maximum Gasteiger partial charge on any atom is 0.313 e. The third-order valence-electron chi connectivity index (χ3n) is 9.63. The number of hydrogen-bond donors (Lipinski definition) is 1. The van der Waals surface area contributed by atoms with Gasteiger partial charge in [0.15, 0.2) is 0 Å². The maximum atomic E-state index is 14.4. The first kappa shape index (κ1) is 34.4. The lowest BCUT2D eigenvalue weighted by molar-refractivity contribution is -0.164. The molecule has 3 fully saturated rings. The van der Waals surface area contributed by atoms with E-state index in [1.165, 1.54) is 4.90 Å². The topological polar surface area (TPSA) is 117 Å². The number of benzene rings is 1. The Morgan fingerprint density at radius 2 is 1.89 bits per heavy atom. The van der Waals surface area contributed by atoms with Crippen LogP contribution in [0.25, 0.3) is 0 Å². The summed E-state index contributed by atoms with van der Waals surface area (Å²) in [7, 11) is 1.69.